The quantitative estimate of drug-likeness (QED) is 0.690. The van der Waals surface area contributed by atoms with Crippen molar-refractivity contribution < 1.29 is 9.21 Å². The molecule has 1 aromatic carbocycles. The van der Waals surface area contributed by atoms with E-state index in [1.165, 1.54) is 11.3 Å². The summed E-state index contributed by atoms with van der Waals surface area (Å²) in [5.74, 6) is 0.0340. The zero-order valence-corrected chi connectivity index (χ0v) is 11.1. The van der Waals surface area contributed by atoms with Crippen LogP contribution in [0.1, 0.15) is 15.6 Å². The van der Waals surface area contributed by atoms with Crippen molar-refractivity contribution in [3.63, 3.8) is 0 Å². The molecule has 19 heavy (non-hydrogen) atoms. The maximum Gasteiger partial charge on any atom is 0.290 e. The Morgan fingerprint density at radius 1 is 1.16 bits per heavy atom. The van der Waals surface area contributed by atoms with Gasteiger partial charge in [0, 0.05) is 10.6 Å². The summed E-state index contributed by atoms with van der Waals surface area (Å²) in [6.07, 6.45) is 0. The lowest BCUT2D eigenvalue weighted by molar-refractivity contribution is 0.101. The molecule has 94 valence electrons. The fourth-order valence-corrected chi connectivity index (χ4v) is 2.32. The predicted octanol–water partition coefficient (Wildman–Crippen LogP) is 3.68. The van der Waals surface area contributed by atoms with Gasteiger partial charge < -0.3 is 4.42 Å². The number of aromatic nitrogens is 2. The van der Waals surface area contributed by atoms with Crippen molar-refractivity contribution >= 4 is 28.7 Å². The van der Waals surface area contributed by atoms with Crippen molar-refractivity contribution in [2.75, 3.05) is 0 Å². The van der Waals surface area contributed by atoms with Crippen LogP contribution in [-0.2, 0) is 0 Å². The van der Waals surface area contributed by atoms with Crippen LogP contribution < -0.4 is 0 Å². The first-order chi connectivity index (χ1) is 9.24. The zero-order valence-electron chi connectivity index (χ0n) is 9.54. The highest BCUT2D eigenvalue weighted by atomic mass is 35.5. The topological polar surface area (TPSA) is 56.0 Å². The largest absolute Gasteiger partial charge is 0.413 e. The van der Waals surface area contributed by atoms with Crippen LogP contribution in [0.2, 0.25) is 5.02 Å². The van der Waals surface area contributed by atoms with E-state index in [-0.39, 0.29) is 11.7 Å². The Hall–Kier alpha value is -1.98. The molecule has 0 saturated carbocycles. The van der Waals surface area contributed by atoms with Gasteiger partial charge in [-0.05, 0) is 35.7 Å². The monoisotopic (exact) mass is 290 g/mol. The van der Waals surface area contributed by atoms with Crippen LogP contribution in [-0.4, -0.2) is 16.0 Å². The molecular formula is C13H7ClN2O2S. The molecule has 4 nitrogen and oxygen atoms in total. The summed E-state index contributed by atoms with van der Waals surface area (Å²) in [5, 5.41) is 10.1. The Morgan fingerprint density at radius 3 is 2.63 bits per heavy atom. The molecule has 0 unspecified atom stereocenters. The van der Waals surface area contributed by atoms with E-state index < -0.39 is 0 Å². The van der Waals surface area contributed by atoms with E-state index in [4.69, 9.17) is 16.0 Å². The van der Waals surface area contributed by atoms with E-state index >= 15 is 0 Å². The number of halogens is 1. The second-order valence-corrected chi connectivity index (χ2v) is 5.11. The van der Waals surface area contributed by atoms with Gasteiger partial charge in [-0.15, -0.1) is 21.5 Å². The van der Waals surface area contributed by atoms with Crippen molar-refractivity contribution in [3.8, 4) is 11.5 Å². The highest BCUT2D eigenvalue weighted by Gasteiger charge is 2.18. The summed E-state index contributed by atoms with van der Waals surface area (Å²) in [5.41, 5.74) is 0.724. The van der Waals surface area contributed by atoms with Crippen molar-refractivity contribution in [2.24, 2.45) is 0 Å². The van der Waals surface area contributed by atoms with E-state index in [2.05, 4.69) is 10.2 Å². The third-order valence-corrected chi connectivity index (χ3v) is 3.58. The minimum atomic E-state index is -0.261. The molecule has 0 fully saturated rings. The Morgan fingerprint density at radius 2 is 1.95 bits per heavy atom. The molecule has 0 amide bonds. The Bertz CT molecular complexity index is 705. The molecule has 0 aliphatic rings. The summed E-state index contributed by atoms with van der Waals surface area (Å²) < 4.78 is 5.39. The van der Waals surface area contributed by atoms with E-state index in [0.29, 0.717) is 15.8 Å². The molecule has 3 rings (SSSR count). The number of rotatable bonds is 3. The van der Waals surface area contributed by atoms with Crippen LogP contribution in [0, 0.1) is 0 Å². The lowest BCUT2D eigenvalue weighted by Gasteiger charge is -1.94. The molecule has 2 aromatic heterocycles. The third-order valence-electron chi connectivity index (χ3n) is 2.46. The van der Waals surface area contributed by atoms with Crippen molar-refractivity contribution in [1.29, 1.82) is 0 Å². The molecule has 0 aliphatic carbocycles. The number of hydrogen-bond donors (Lipinski definition) is 0. The maximum absolute atomic E-state index is 12.0. The highest BCUT2D eigenvalue weighted by molar-refractivity contribution is 7.12. The van der Waals surface area contributed by atoms with Gasteiger partial charge in [0.1, 0.15) is 0 Å². The molecule has 0 atom stereocenters. The minimum Gasteiger partial charge on any atom is -0.413 e. The van der Waals surface area contributed by atoms with Gasteiger partial charge in [-0.2, -0.15) is 0 Å². The molecule has 0 aliphatic heterocycles. The average Bonchev–Trinajstić information content (AvgIpc) is 3.10. The summed E-state index contributed by atoms with van der Waals surface area (Å²) in [6, 6.07) is 10.5. The van der Waals surface area contributed by atoms with Gasteiger partial charge in [0.2, 0.25) is 5.89 Å². The molecule has 6 heteroatoms. The molecule has 0 N–H and O–H groups in total. The van der Waals surface area contributed by atoms with Gasteiger partial charge in [-0.25, -0.2) is 0 Å². The van der Waals surface area contributed by atoms with E-state index in [1.807, 2.05) is 5.38 Å². The summed E-state index contributed by atoms with van der Waals surface area (Å²) in [7, 11) is 0. The van der Waals surface area contributed by atoms with Crippen LogP contribution in [0.25, 0.3) is 11.5 Å². The van der Waals surface area contributed by atoms with E-state index in [1.54, 1.807) is 36.4 Å². The number of thiophene rings is 1. The molecule has 2 heterocycles. The van der Waals surface area contributed by atoms with Crippen LogP contribution >= 0.6 is 22.9 Å². The lowest BCUT2D eigenvalue weighted by Crippen LogP contribution is -1.98. The first kappa shape index (κ1) is 12.1. The molecule has 0 saturated heterocycles. The van der Waals surface area contributed by atoms with Gasteiger partial charge >= 0.3 is 0 Å². The van der Waals surface area contributed by atoms with E-state index in [0.717, 1.165) is 5.56 Å². The average molecular weight is 291 g/mol. The summed E-state index contributed by atoms with van der Waals surface area (Å²) in [6.45, 7) is 0. The summed E-state index contributed by atoms with van der Waals surface area (Å²) >= 11 is 7.14. The smallest absolute Gasteiger partial charge is 0.290 e. The normalized spacial score (nSPS) is 10.6. The van der Waals surface area contributed by atoms with Crippen LogP contribution in [0.15, 0.2) is 46.2 Å². The molecule has 0 radical (unpaired) electrons. The second kappa shape index (κ2) is 4.95. The number of nitrogens with zero attached hydrogens (tertiary/aromatic N) is 2. The van der Waals surface area contributed by atoms with Crippen LogP contribution in [0.4, 0.5) is 0 Å². The number of hydrogen-bond acceptors (Lipinski definition) is 5. The fourth-order valence-electron chi connectivity index (χ4n) is 1.54. The van der Waals surface area contributed by atoms with Crippen LogP contribution in [0.3, 0.4) is 0 Å². The second-order valence-electron chi connectivity index (χ2n) is 3.73. The Balaban J connectivity index is 1.91. The SMILES string of the molecule is O=C(c1nnc(-c2ccc(Cl)cc2)o1)c1cccs1. The zero-order chi connectivity index (χ0) is 13.2. The highest BCUT2D eigenvalue weighted by Crippen LogP contribution is 2.22. The van der Waals surface area contributed by atoms with Crippen molar-refractivity contribution in [3.05, 3.63) is 57.6 Å². The van der Waals surface area contributed by atoms with Gasteiger partial charge in [0.15, 0.2) is 0 Å². The first-order valence-electron chi connectivity index (χ1n) is 5.42. The molecule has 0 bridgehead atoms. The van der Waals surface area contributed by atoms with Crippen molar-refractivity contribution in [2.45, 2.75) is 0 Å². The molecular weight excluding hydrogens is 284 g/mol. The van der Waals surface area contributed by atoms with Gasteiger partial charge in [-0.1, -0.05) is 17.7 Å². The first-order valence-corrected chi connectivity index (χ1v) is 6.67. The van der Waals surface area contributed by atoms with Crippen LogP contribution in [0.5, 0.6) is 0 Å². The minimum absolute atomic E-state index is 0.00704. The Kier molecular flexibility index (Phi) is 3.15. The number of carbonyl (C=O) groups is 1. The van der Waals surface area contributed by atoms with Gasteiger partial charge in [0.25, 0.3) is 11.7 Å². The lowest BCUT2D eigenvalue weighted by atomic mass is 10.2. The predicted molar refractivity (Wildman–Crippen MR) is 72.5 cm³/mol. The molecule has 3 aromatic rings. The number of ketones is 1. The Labute approximate surface area is 117 Å². The fraction of sp³-hybridized carbons (Fsp3) is 0. The molecule has 0 spiro atoms. The van der Waals surface area contributed by atoms with E-state index in [9.17, 15) is 4.79 Å². The number of carbonyl (C=O) groups excluding carboxylic acids is 1. The number of benzene rings is 1. The maximum atomic E-state index is 12.0. The van der Waals surface area contributed by atoms with Gasteiger partial charge in [-0.3, -0.25) is 4.79 Å². The standard InChI is InChI=1S/C13H7ClN2O2S/c14-9-5-3-8(4-6-9)12-15-16-13(18-12)11(17)10-2-1-7-19-10/h1-7H. The van der Waals surface area contributed by atoms with Gasteiger partial charge in [0.05, 0.1) is 4.88 Å². The third kappa shape index (κ3) is 2.43. The summed E-state index contributed by atoms with van der Waals surface area (Å²) in [4.78, 5) is 12.6. The van der Waals surface area contributed by atoms with Crippen molar-refractivity contribution in [1.82, 2.24) is 10.2 Å².